The van der Waals surface area contributed by atoms with Crippen molar-refractivity contribution in [3.63, 3.8) is 0 Å². The van der Waals surface area contributed by atoms with E-state index in [1.54, 1.807) is 0 Å². The Labute approximate surface area is 110 Å². The standard InChI is InChI=1S/C12H18N6O/c1-13-8-9-4-2-3-7-17(9)11-6-5-10-14-15-12(19)18(10)16-11/h5-6,9,13H,2-4,7-8H2,1H3,(H,15,19). The molecule has 2 aromatic heterocycles. The number of nitrogens with one attached hydrogen (secondary N) is 2. The molecule has 0 bridgehead atoms. The minimum Gasteiger partial charge on any atom is -0.351 e. The lowest BCUT2D eigenvalue weighted by Gasteiger charge is -2.36. The van der Waals surface area contributed by atoms with E-state index >= 15 is 0 Å². The van der Waals surface area contributed by atoms with Gasteiger partial charge in [-0.25, -0.2) is 9.89 Å². The van der Waals surface area contributed by atoms with Crippen LogP contribution >= 0.6 is 0 Å². The van der Waals surface area contributed by atoms with Crippen LogP contribution in [-0.2, 0) is 0 Å². The van der Waals surface area contributed by atoms with Crippen LogP contribution in [0.25, 0.3) is 5.65 Å². The van der Waals surface area contributed by atoms with Crippen molar-refractivity contribution in [3.8, 4) is 0 Å². The molecule has 0 amide bonds. The Hall–Kier alpha value is -1.89. The van der Waals surface area contributed by atoms with Crippen molar-refractivity contribution in [2.45, 2.75) is 25.3 Å². The average Bonchev–Trinajstić information content (AvgIpc) is 2.81. The third kappa shape index (κ3) is 2.21. The molecule has 0 saturated carbocycles. The Kier molecular flexibility index (Phi) is 3.20. The number of hydrogen-bond acceptors (Lipinski definition) is 5. The molecule has 1 aliphatic heterocycles. The average molecular weight is 262 g/mol. The summed E-state index contributed by atoms with van der Waals surface area (Å²) in [6.07, 6.45) is 3.57. The normalized spacial score (nSPS) is 20.1. The van der Waals surface area contributed by atoms with E-state index < -0.39 is 0 Å². The molecular formula is C12H18N6O. The summed E-state index contributed by atoms with van der Waals surface area (Å²) in [6, 6.07) is 4.20. The first-order valence-electron chi connectivity index (χ1n) is 6.65. The summed E-state index contributed by atoms with van der Waals surface area (Å²) in [5, 5.41) is 13.9. The predicted octanol–water partition coefficient (Wildman–Crippen LogP) is -0.00410. The van der Waals surface area contributed by atoms with Gasteiger partial charge in [-0.3, -0.25) is 0 Å². The van der Waals surface area contributed by atoms with Crippen molar-refractivity contribution in [3.05, 3.63) is 22.6 Å². The van der Waals surface area contributed by atoms with E-state index in [0.717, 1.165) is 25.3 Å². The van der Waals surface area contributed by atoms with Gasteiger partial charge >= 0.3 is 5.69 Å². The van der Waals surface area contributed by atoms with Gasteiger partial charge < -0.3 is 10.2 Å². The molecule has 0 aliphatic carbocycles. The van der Waals surface area contributed by atoms with Gasteiger partial charge in [0.15, 0.2) is 5.65 Å². The van der Waals surface area contributed by atoms with E-state index in [4.69, 9.17) is 0 Å². The Morgan fingerprint density at radius 1 is 1.47 bits per heavy atom. The zero-order valence-corrected chi connectivity index (χ0v) is 11.0. The summed E-state index contributed by atoms with van der Waals surface area (Å²) in [6.45, 7) is 1.91. The number of nitrogens with zero attached hydrogens (tertiary/aromatic N) is 4. The van der Waals surface area contributed by atoms with Gasteiger partial charge in [-0.15, -0.1) is 5.10 Å². The molecule has 0 aromatic carbocycles. The summed E-state index contributed by atoms with van der Waals surface area (Å²) in [4.78, 5) is 13.8. The first kappa shape index (κ1) is 12.2. The summed E-state index contributed by atoms with van der Waals surface area (Å²) >= 11 is 0. The largest absolute Gasteiger partial charge is 0.364 e. The second-order valence-electron chi connectivity index (χ2n) is 4.89. The Bertz CT molecular complexity index is 616. The highest BCUT2D eigenvalue weighted by molar-refractivity contribution is 5.46. The van der Waals surface area contributed by atoms with Gasteiger partial charge in [-0.2, -0.15) is 9.61 Å². The fourth-order valence-electron chi connectivity index (χ4n) is 2.70. The number of piperidine rings is 1. The van der Waals surface area contributed by atoms with Crippen molar-refractivity contribution in [1.29, 1.82) is 0 Å². The summed E-state index contributed by atoms with van der Waals surface area (Å²) in [7, 11) is 1.96. The van der Waals surface area contributed by atoms with Crippen LogP contribution in [0, 0.1) is 0 Å². The molecule has 102 valence electrons. The van der Waals surface area contributed by atoms with E-state index in [2.05, 4.69) is 25.5 Å². The fourth-order valence-corrected chi connectivity index (χ4v) is 2.70. The molecule has 19 heavy (non-hydrogen) atoms. The summed E-state index contributed by atoms with van der Waals surface area (Å²) in [5.74, 6) is 0.843. The third-order valence-electron chi connectivity index (χ3n) is 3.62. The molecule has 7 nitrogen and oxygen atoms in total. The van der Waals surface area contributed by atoms with Crippen molar-refractivity contribution < 1.29 is 0 Å². The highest BCUT2D eigenvalue weighted by Crippen LogP contribution is 2.22. The van der Waals surface area contributed by atoms with Gasteiger partial charge in [0.1, 0.15) is 5.82 Å². The fraction of sp³-hybridized carbons (Fsp3) is 0.583. The number of hydrogen-bond donors (Lipinski definition) is 2. The molecule has 0 radical (unpaired) electrons. The molecule has 0 spiro atoms. The maximum atomic E-state index is 11.6. The molecule has 2 N–H and O–H groups in total. The predicted molar refractivity (Wildman–Crippen MR) is 72.5 cm³/mol. The van der Waals surface area contributed by atoms with Gasteiger partial charge in [-0.05, 0) is 38.4 Å². The molecule has 3 heterocycles. The number of anilines is 1. The van der Waals surface area contributed by atoms with Crippen molar-refractivity contribution in [1.82, 2.24) is 25.1 Å². The molecule has 1 fully saturated rings. The van der Waals surface area contributed by atoms with Crippen LogP contribution in [0.1, 0.15) is 19.3 Å². The van der Waals surface area contributed by atoms with Crippen molar-refractivity contribution in [2.24, 2.45) is 0 Å². The van der Waals surface area contributed by atoms with E-state index in [9.17, 15) is 4.79 Å². The van der Waals surface area contributed by atoms with Gasteiger partial charge in [-0.1, -0.05) is 0 Å². The molecule has 1 unspecified atom stereocenters. The number of aromatic nitrogens is 4. The smallest absolute Gasteiger partial charge is 0.351 e. The van der Waals surface area contributed by atoms with E-state index in [1.165, 1.54) is 17.4 Å². The third-order valence-corrected chi connectivity index (χ3v) is 3.62. The van der Waals surface area contributed by atoms with Gasteiger partial charge in [0, 0.05) is 19.1 Å². The minimum atomic E-state index is -0.293. The van der Waals surface area contributed by atoms with Crippen LogP contribution in [0.2, 0.25) is 0 Å². The quantitative estimate of drug-likeness (QED) is 0.814. The number of rotatable bonds is 3. The van der Waals surface area contributed by atoms with Crippen LogP contribution in [0.5, 0.6) is 0 Å². The monoisotopic (exact) mass is 262 g/mol. The lowest BCUT2D eigenvalue weighted by molar-refractivity contribution is 0.441. The Balaban J connectivity index is 1.96. The molecule has 1 aliphatic rings. The topological polar surface area (TPSA) is 78.3 Å². The first-order valence-corrected chi connectivity index (χ1v) is 6.65. The van der Waals surface area contributed by atoms with E-state index in [1.807, 2.05) is 19.2 Å². The number of H-pyrrole nitrogens is 1. The van der Waals surface area contributed by atoms with Gasteiger partial charge in [0.25, 0.3) is 0 Å². The maximum absolute atomic E-state index is 11.6. The lowest BCUT2D eigenvalue weighted by atomic mass is 10.0. The molecule has 2 aromatic rings. The van der Waals surface area contributed by atoms with Crippen LogP contribution in [0.3, 0.4) is 0 Å². The number of aromatic amines is 1. The van der Waals surface area contributed by atoms with Crippen molar-refractivity contribution in [2.75, 3.05) is 25.0 Å². The molecule has 3 rings (SSSR count). The molecule has 7 heteroatoms. The zero-order chi connectivity index (χ0) is 13.2. The Morgan fingerprint density at radius 3 is 3.21 bits per heavy atom. The molecular weight excluding hydrogens is 244 g/mol. The van der Waals surface area contributed by atoms with Crippen LogP contribution in [0.15, 0.2) is 16.9 Å². The van der Waals surface area contributed by atoms with Crippen molar-refractivity contribution >= 4 is 11.5 Å². The lowest BCUT2D eigenvalue weighted by Crippen LogP contribution is -2.45. The molecule has 1 atom stereocenters. The van der Waals surface area contributed by atoms with E-state index in [0.29, 0.717) is 11.7 Å². The van der Waals surface area contributed by atoms with Crippen LogP contribution in [-0.4, -0.2) is 46.0 Å². The zero-order valence-electron chi connectivity index (χ0n) is 11.0. The van der Waals surface area contributed by atoms with Gasteiger partial charge in [0.05, 0.1) is 0 Å². The summed E-state index contributed by atoms with van der Waals surface area (Å²) < 4.78 is 1.32. The first-order chi connectivity index (χ1) is 9.29. The second-order valence-corrected chi connectivity index (χ2v) is 4.89. The van der Waals surface area contributed by atoms with Crippen LogP contribution in [0.4, 0.5) is 5.82 Å². The van der Waals surface area contributed by atoms with Crippen LogP contribution < -0.4 is 15.9 Å². The highest BCUT2D eigenvalue weighted by atomic mass is 16.2. The summed E-state index contributed by atoms with van der Waals surface area (Å²) in [5.41, 5.74) is 0.259. The number of fused-ring (bicyclic) bond motifs is 1. The maximum Gasteiger partial charge on any atom is 0.364 e. The van der Waals surface area contributed by atoms with E-state index in [-0.39, 0.29) is 5.69 Å². The molecule has 1 saturated heterocycles. The number of likely N-dealkylation sites (N-methyl/N-ethyl adjacent to an activating group) is 1. The highest BCUT2D eigenvalue weighted by Gasteiger charge is 2.23. The van der Waals surface area contributed by atoms with Gasteiger partial charge in [0.2, 0.25) is 0 Å². The minimum absolute atomic E-state index is 0.293. The Morgan fingerprint density at radius 2 is 2.37 bits per heavy atom. The second kappa shape index (κ2) is 5.00. The SMILES string of the molecule is CNCC1CCCCN1c1ccc2n[nH]c(=O)n2n1.